The number of rotatable bonds is 4. The summed E-state index contributed by atoms with van der Waals surface area (Å²) in [5.74, 6) is 0.622. The van der Waals surface area contributed by atoms with Crippen LogP contribution in [0.1, 0.15) is 26.2 Å². The van der Waals surface area contributed by atoms with Crippen molar-refractivity contribution in [2.24, 2.45) is 5.92 Å². The van der Waals surface area contributed by atoms with Crippen LogP contribution in [0, 0.1) is 5.92 Å². The van der Waals surface area contributed by atoms with Gasteiger partial charge in [-0.25, -0.2) is 0 Å². The molecular weight excluding hydrogens is 154 g/mol. The van der Waals surface area contributed by atoms with E-state index in [1.165, 1.54) is 0 Å². The van der Waals surface area contributed by atoms with Gasteiger partial charge in [-0.05, 0) is 18.8 Å². The van der Waals surface area contributed by atoms with Crippen molar-refractivity contribution in [2.45, 2.75) is 26.2 Å². The van der Waals surface area contributed by atoms with Crippen LogP contribution < -0.4 is 5.32 Å². The van der Waals surface area contributed by atoms with E-state index in [2.05, 4.69) is 12.2 Å². The maximum absolute atomic E-state index is 10.9. The first-order valence-electron chi connectivity index (χ1n) is 4.67. The Morgan fingerprint density at radius 1 is 1.67 bits per heavy atom. The molecule has 0 radical (unpaired) electrons. The molecule has 1 aliphatic rings. The van der Waals surface area contributed by atoms with Gasteiger partial charge < -0.3 is 10.1 Å². The Kier molecular flexibility index (Phi) is 4.08. The van der Waals surface area contributed by atoms with Gasteiger partial charge >= 0.3 is 0 Å². The second-order valence-electron chi connectivity index (χ2n) is 3.28. The molecule has 0 saturated carbocycles. The highest BCUT2D eigenvalue weighted by Crippen LogP contribution is 2.12. The molecule has 1 heterocycles. The van der Waals surface area contributed by atoms with Crippen molar-refractivity contribution in [1.82, 2.24) is 5.32 Å². The summed E-state index contributed by atoms with van der Waals surface area (Å²) in [6.07, 6.45) is 2.76. The molecule has 1 rings (SSSR count). The zero-order valence-electron chi connectivity index (χ0n) is 7.64. The third-order valence-corrected chi connectivity index (χ3v) is 2.05. The maximum atomic E-state index is 10.9. The number of piperidine rings is 1. The molecule has 1 unspecified atom stereocenters. The largest absolute Gasteiger partial charge is 0.381 e. The molecule has 3 nitrogen and oxygen atoms in total. The zero-order valence-corrected chi connectivity index (χ0v) is 7.64. The summed E-state index contributed by atoms with van der Waals surface area (Å²) in [5, 5.41) is 2.81. The summed E-state index contributed by atoms with van der Waals surface area (Å²) in [6.45, 7) is 4.48. The van der Waals surface area contributed by atoms with Gasteiger partial charge in [0.1, 0.15) is 0 Å². The van der Waals surface area contributed by atoms with Crippen LogP contribution in [-0.2, 0) is 9.53 Å². The number of nitrogens with one attached hydrogen (secondary N) is 1. The van der Waals surface area contributed by atoms with Crippen LogP contribution in [-0.4, -0.2) is 25.7 Å². The van der Waals surface area contributed by atoms with E-state index >= 15 is 0 Å². The monoisotopic (exact) mass is 171 g/mol. The Morgan fingerprint density at radius 3 is 3.17 bits per heavy atom. The fourth-order valence-corrected chi connectivity index (χ4v) is 1.39. The number of ether oxygens (including phenoxy) is 1. The van der Waals surface area contributed by atoms with Crippen LogP contribution in [0.25, 0.3) is 0 Å². The van der Waals surface area contributed by atoms with Gasteiger partial charge in [0.2, 0.25) is 5.91 Å². The summed E-state index contributed by atoms with van der Waals surface area (Å²) < 4.78 is 5.39. The Morgan fingerprint density at radius 2 is 2.50 bits per heavy atom. The number of hydrogen-bond donors (Lipinski definition) is 1. The lowest BCUT2D eigenvalue weighted by Crippen LogP contribution is -2.35. The lowest BCUT2D eigenvalue weighted by Gasteiger charge is -2.21. The summed E-state index contributed by atoms with van der Waals surface area (Å²) >= 11 is 0. The van der Waals surface area contributed by atoms with E-state index < -0.39 is 0 Å². The summed E-state index contributed by atoms with van der Waals surface area (Å²) in [5.41, 5.74) is 0. The molecule has 0 aliphatic carbocycles. The number of hydrogen-bond acceptors (Lipinski definition) is 2. The van der Waals surface area contributed by atoms with E-state index in [1.807, 2.05) is 0 Å². The van der Waals surface area contributed by atoms with E-state index in [0.29, 0.717) is 12.3 Å². The van der Waals surface area contributed by atoms with Crippen LogP contribution >= 0.6 is 0 Å². The first-order valence-corrected chi connectivity index (χ1v) is 4.67. The molecule has 12 heavy (non-hydrogen) atoms. The number of carbonyl (C=O) groups excluding carboxylic acids is 1. The van der Waals surface area contributed by atoms with E-state index in [0.717, 1.165) is 32.6 Å². The minimum atomic E-state index is 0.173. The minimum Gasteiger partial charge on any atom is -0.381 e. The van der Waals surface area contributed by atoms with Crippen molar-refractivity contribution >= 4 is 5.91 Å². The van der Waals surface area contributed by atoms with Gasteiger partial charge in [-0.15, -0.1) is 0 Å². The molecule has 0 aromatic carbocycles. The molecule has 1 N–H and O–H groups in total. The van der Waals surface area contributed by atoms with Crippen LogP contribution in [0.3, 0.4) is 0 Å². The summed E-state index contributed by atoms with van der Waals surface area (Å²) in [6, 6.07) is 0. The average Bonchev–Trinajstić information content (AvgIpc) is 2.05. The highest BCUT2D eigenvalue weighted by molar-refractivity contribution is 5.76. The number of carbonyl (C=O) groups is 1. The Balaban J connectivity index is 2.10. The van der Waals surface area contributed by atoms with Crippen molar-refractivity contribution in [2.75, 3.05) is 19.8 Å². The van der Waals surface area contributed by atoms with Crippen LogP contribution in [0.15, 0.2) is 0 Å². The predicted molar refractivity (Wildman–Crippen MR) is 46.8 cm³/mol. The lowest BCUT2D eigenvalue weighted by molar-refractivity contribution is -0.124. The minimum absolute atomic E-state index is 0.173. The zero-order chi connectivity index (χ0) is 8.81. The predicted octanol–water partition coefficient (Wildman–Crippen LogP) is 0.939. The van der Waals surface area contributed by atoms with Gasteiger partial charge in [0.25, 0.3) is 0 Å². The topological polar surface area (TPSA) is 38.3 Å². The van der Waals surface area contributed by atoms with Crippen molar-refractivity contribution in [1.29, 1.82) is 0 Å². The molecule has 0 spiro atoms. The quantitative estimate of drug-likeness (QED) is 0.639. The Labute approximate surface area is 73.5 Å². The van der Waals surface area contributed by atoms with Crippen LogP contribution in [0.2, 0.25) is 0 Å². The van der Waals surface area contributed by atoms with Gasteiger partial charge in [0.15, 0.2) is 0 Å². The molecule has 0 bridgehead atoms. The lowest BCUT2D eigenvalue weighted by atomic mass is 9.99. The first kappa shape index (κ1) is 9.52. The first-order chi connectivity index (χ1) is 5.83. The van der Waals surface area contributed by atoms with Crippen molar-refractivity contribution in [3.8, 4) is 0 Å². The Hall–Kier alpha value is -0.570. The Bertz CT molecular complexity index is 147. The third kappa shape index (κ3) is 3.22. The maximum Gasteiger partial charge on any atom is 0.220 e. The SMILES string of the molecule is CCCOCC1CCNC(=O)C1. The van der Waals surface area contributed by atoms with Gasteiger partial charge in [0.05, 0.1) is 0 Å². The molecule has 1 aliphatic heterocycles. The molecular formula is C9H17NO2. The van der Waals surface area contributed by atoms with E-state index in [4.69, 9.17) is 4.74 Å². The average molecular weight is 171 g/mol. The normalized spacial score (nSPS) is 23.8. The third-order valence-electron chi connectivity index (χ3n) is 2.05. The van der Waals surface area contributed by atoms with Crippen molar-refractivity contribution in [3.05, 3.63) is 0 Å². The van der Waals surface area contributed by atoms with Crippen molar-refractivity contribution in [3.63, 3.8) is 0 Å². The molecule has 1 amide bonds. The fourth-order valence-electron chi connectivity index (χ4n) is 1.39. The molecule has 1 atom stereocenters. The van der Waals surface area contributed by atoms with Gasteiger partial charge in [-0.3, -0.25) is 4.79 Å². The van der Waals surface area contributed by atoms with E-state index in [9.17, 15) is 4.79 Å². The molecule has 1 saturated heterocycles. The van der Waals surface area contributed by atoms with Crippen LogP contribution in [0.5, 0.6) is 0 Å². The standard InChI is InChI=1S/C9H17NO2/c1-2-5-12-7-8-3-4-10-9(11)6-8/h8H,2-7H2,1H3,(H,10,11). The molecule has 3 heteroatoms. The number of amides is 1. The summed E-state index contributed by atoms with van der Waals surface area (Å²) in [7, 11) is 0. The van der Waals surface area contributed by atoms with Gasteiger partial charge in [0, 0.05) is 26.2 Å². The molecule has 70 valence electrons. The highest BCUT2D eigenvalue weighted by atomic mass is 16.5. The molecule has 0 aromatic rings. The molecule has 0 aromatic heterocycles. The fraction of sp³-hybridized carbons (Fsp3) is 0.889. The second kappa shape index (κ2) is 5.14. The van der Waals surface area contributed by atoms with E-state index in [1.54, 1.807) is 0 Å². The second-order valence-corrected chi connectivity index (χ2v) is 3.28. The van der Waals surface area contributed by atoms with Gasteiger partial charge in [-0.2, -0.15) is 0 Å². The smallest absolute Gasteiger partial charge is 0.220 e. The van der Waals surface area contributed by atoms with Gasteiger partial charge in [-0.1, -0.05) is 6.92 Å². The summed E-state index contributed by atoms with van der Waals surface area (Å²) in [4.78, 5) is 10.9. The molecule has 1 fully saturated rings. The van der Waals surface area contributed by atoms with Crippen molar-refractivity contribution < 1.29 is 9.53 Å². The highest BCUT2D eigenvalue weighted by Gasteiger charge is 2.18. The van der Waals surface area contributed by atoms with Crippen LogP contribution in [0.4, 0.5) is 0 Å². The van der Waals surface area contributed by atoms with E-state index in [-0.39, 0.29) is 5.91 Å².